The molecule has 0 saturated carbocycles. The van der Waals surface area contributed by atoms with Crippen LogP contribution in [0.3, 0.4) is 0 Å². The zero-order valence-electron chi connectivity index (χ0n) is 36.9. The van der Waals surface area contributed by atoms with Gasteiger partial charge in [-0.05, 0) is 84.8 Å². The second-order valence-electron chi connectivity index (χ2n) is 17.5. The van der Waals surface area contributed by atoms with E-state index in [1.54, 1.807) is 15.6 Å². The lowest BCUT2D eigenvalue weighted by Crippen LogP contribution is -2.52. The van der Waals surface area contributed by atoms with Crippen LogP contribution in [0.25, 0.3) is 28.0 Å². The van der Waals surface area contributed by atoms with Crippen molar-refractivity contribution in [2.24, 2.45) is 5.92 Å². The average molecular weight is 910 g/mol. The minimum atomic E-state index is -0.630. The van der Waals surface area contributed by atoms with Gasteiger partial charge in [-0.2, -0.15) is 5.10 Å². The van der Waals surface area contributed by atoms with E-state index in [2.05, 4.69) is 41.4 Å². The number of nitrogen functional groups attached to an aromatic ring is 1. The van der Waals surface area contributed by atoms with Gasteiger partial charge >= 0.3 is 0 Å². The lowest BCUT2D eigenvalue weighted by molar-refractivity contribution is -0.136. The molecule has 4 aromatic carbocycles. The van der Waals surface area contributed by atoms with E-state index in [0.29, 0.717) is 58.1 Å². The molecule has 67 heavy (non-hydrogen) atoms. The van der Waals surface area contributed by atoms with Gasteiger partial charge in [0.15, 0.2) is 5.65 Å². The Morgan fingerprint density at radius 3 is 2.39 bits per heavy atom. The quantitative estimate of drug-likeness (QED) is 0.147. The molecule has 4 aliphatic rings. The maximum atomic E-state index is 16.1. The number of imide groups is 1. The number of fused-ring (bicyclic) bond motifs is 2. The van der Waals surface area contributed by atoms with Crippen LogP contribution >= 0.6 is 0 Å². The summed E-state index contributed by atoms with van der Waals surface area (Å²) in [6.07, 6.45) is 3.81. The van der Waals surface area contributed by atoms with E-state index >= 15 is 4.39 Å². The normalized spacial score (nSPS) is 18.1. The number of piperidine rings is 2. The van der Waals surface area contributed by atoms with Crippen molar-refractivity contribution in [3.63, 3.8) is 0 Å². The van der Waals surface area contributed by atoms with E-state index in [1.807, 2.05) is 42.5 Å². The largest absolute Gasteiger partial charge is 0.496 e. The first kappa shape index (κ1) is 43.4. The van der Waals surface area contributed by atoms with E-state index in [1.165, 1.54) is 31.6 Å². The third kappa shape index (κ3) is 8.59. The molecule has 16 nitrogen and oxygen atoms in total. The topological polar surface area (TPSA) is 184 Å². The highest BCUT2D eigenvalue weighted by Gasteiger charge is 2.39. The molecule has 4 N–H and O–H groups in total. The van der Waals surface area contributed by atoms with Crippen molar-refractivity contribution < 1.29 is 32.7 Å². The predicted octanol–water partition coefficient (Wildman–Crippen LogP) is 5.08. The van der Waals surface area contributed by atoms with Gasteiger partial charge in [0.1, 0.15) is 41.3 Å². The Kier molecular flexibility index (Phi) is 11.7. The molecule has 6 aromatic rings. The van der Waals surface area contributed by atoms with E-state index < -0.39 is 23.7 Å². The number of methoxy groups -OCH3 is 1. The molecule has 10 rings (SSSR count). The summed E-state index contributed by atoms with van der Waals surface area (Å²) in [5.74, 6) is -1.25. The fourth-order valence-corrected chi connectivity index (χ4v) is 9.82. The maximum Gasteiger partial charge on any atom is 0.255 e. The third-order valence-electron chi connectivity index (χ3n) is 13.5. The number of hydrogen-bond donors (Lipinski definition) is 3. The second-order valence-corrected chi connectivity index (χ2v) is 17.5. The fourth-order valence-electron chi connectivity index (χ4n) is 9.82. The number of hydrogen-bond acceptors (Lipinski definition) is 12. The fraction of sp³-hybridized carbons (Fsp3) is 0.327. The standard InChI is InChI=1S/C49H49F2N11O5/c1-67-41-12-6-33(50)23-37(41)47(64)53-25-29-2-4-31(5-3-29)44-43-45(52)54-28-55-46(43)62(57-44)35-8-10-39(38(51)24-35)60-16-14-30(15-17-60)26-58-18-20-59(21-19-58)34-7-9-36-32(22-34)27-61(49(36)66)40-11-13-42(63)56-48(40)65/h2-10,12,22-24,28,30,40H,11,13-21,25-27H2,1H3,(H,53,64)(H2,52,54,55)(H,56,63,65). The molecule has 0 spiro atoms. The summed E-state index contributed by atoms with van der Waals surface area (Å²) in [6.45, 7) is 6.54. The molecule has 344 valence electrons. The first-order chi connectivity index (χ1) is 32.5. The average Bonchev–Trinajstić information content (AvgIpc) is 3.89. The molecular formula is C49H49F2N11O5. The number of rotatable bonds is 11. The van der Waals surface area contributed by atoms with E-state index in [4.69, 9.17) is 15.6 Å². The molecule has 2 aromatic heterocycles. The lowest BCUT2D eigenvalue weighted by Gasteiger charge is -2.40. The highest BCUT2D eigenvalue weighted by molar-refractivity contribution is 6.05. The molecule has 3 saturated heterocycles. The number of aromatic nitrogens is 4. The molecule has 3 fully saturated rings. The number of halogens is 2. The van der Waals surface area contributed by atoms with Crippen molar-refractivity contribution in [3.8, 4) is 22.7 Å². The van der Waals surface area contributed by atoms with E-state index in [0.717, 1.165) is 81.5 Å². The van der Waals surface area contributed by atoms with Crippen LogP contribution in [0.1, 0.15) is 57.5 Å². The highest BCUT2D eigenvalue weighted by atomic mass is 19.1. The first-order valence-electron chi connectivity index (χ1n) is 22.5. The molecule has 0 radical (unpaired) electrons. The SMILES string of the molecule is COc1ccc(F)cc1C(=O)NCc1ccc(-c2nn(-c3ccc(N4CCC(CN5CCN(c6ccc7c(c6)CN(C6CCC(=O)NC6=O)C7=O)CC5)CC4)c(F)c3)c3ncnc(N)c23)cc1. The number of ether oxygens (including phenoxy) is 1. The smallest absolute Gasteiger partial charge is 0.255 e. The Bertz CT molecular complexity index is 2910. The summed E-state index contributed by atoms with van der Waals surface area (Å²) < 4.78 is 36.7. The van der Waals surface area contributed by atoms with Crippen molar-refractivity contribution >= 4 is 51.9 Å². The van der Waals surface area contributed by atoms with Crippen LogP contribution in [0.2, 0.25) is 0 Å². The number of carbonyl (C=O) groups excluding carboxylic acids is 4. The monoisotopic (exact) mass is 909 g/mol. The summed E-state index contributed by atoms with van der Waals surface area (Å²) in [7, 11) is 1.42. The molecule has 6 heterocycles. The van der Waals surface area contributed by atoms with Gasteiger partial charge in [-0.1, -0.05) is 24.3 Å². The summed E-state index contributed by atoms with van der Waals surface area (Å²) in [6, 6.07) is 21.5. The van der Waals surface area contributed by atoms with Crippen molar-refractivity contribution in [1.29, 1.82) is 0 Å². The van der Waals surface area contributed by atoms with Gasteiger partial charge in [0.05, 0.1) is 29.4 Å². The Hall–Kier alpha value is -7.47. The Balaban J connectivity index is 0.739. The van der Waals surface area contributed by atoms with Crippen LogP contribution in [0.5, 0.6) is 5.75 Å². The maximum absolute atomic E-state index is 16.1. The molecule has 0 aliphatic carbocycles. The molecule has 0 bridgehead atoms. The lowest BCUT2D eigenvalue weighted by atomic mass is 9.95. The van der Waals surface area contributed by atoms with Gasteiger partial charge in [0.2, 0.25) is 11.8 Å². The Morgan fingerprint density at radius 2 is 1.64 bits per heavy atom. The zero-order chi connectivity index (χ0) is 46.3. The van der Waals surface area contributed by atoms with Gasteiger partial charge < -0.3 is 30.5 Å². The van der Waals surface area contributed by atoms with E-state index in [-0.39, 0.29) is 47.7 Å². The van der Waals surface area contributed by atoms with Crippen LogP contribution in [0.15, 0.2) is 85.2 Å². The van der Waals surface area contributed by atoms with Crippen molar-refractivity contribution in [2.45, 2.75) is 44.8 Å². The summed E-state index contributed by atoms with van der Waals surface area (Å²) >= 11 is 0. The second kappa shape index (κ2) is 18.1. The van der Waals surface area contributed by atoms with Crippen LogP contribution in [-0.2, 0) is 22.7 Å². The van der Waals surface area contributed by atoms with Crippen molar-refractivity contribution in [1.82, 2.24) is 40.2 Å². The van der Waals surface area contributed by atoms with Crippen molar-refractivity contribution in [2.75, 3.05) is 68.5 Å². The number of nitrogens with one attached hydrogen (secondary N) is 2. The third-order valence-corrected chi connectivity index (χ3v) is 13.5. The molecule has 1 atom stereocenters. The van der Waals surface area contributed by atoms with Gasteiger partial charge in [-0.25, -0.2) is 23.4 Å². The number of anilines is 3. The summed E-state index contributed by atoms with van der Waals surface area (Å²) in [4.78, 5) is 67.4. The molecule has 18 heteroatoms. The molecule has 4 aliphatic heterocycles. The Morgan fingerprint density at radius 1 is 0.866 bits per heavy atom. The summed E-state index contributed by atoms with van der Waals surface area (Å²) in [5.41, 5.74) is 12.5. The number of benzene rings is 4. The molecular weight excluding hydrogens is 861 g/mol. The first-order valence-corrected chi connectivity index (χ1v) is 22.5. The Labute approximate surface area is 384 Å². The van der Waals surface area contributed by atoms with Gasteiger partial charge in [0, 0.05) is 88.2 Å². The summed E-state index contributed by atoms with van der Waals surface area (Å²) in [5, 5.41) is 10.6. The van der Waals surface area contributed by atoms with Crippen molar-refractivity contribution in [3.05, 3.63) is 119 Å². The number of nitrogens with two attached hydrogens (primary N) is 1. The minimum absolute atomic E-state index is 0.0963. The molecule has 1 unspecified atom stereocenters. The van der Waals surface area contributed by atoms with Crippen LogP contribution in [0, 0.1) is 17.6 Å². The zero-order valence-corrected chi connectivity index (χ0v) is 36.9. The predicted molar refractivity (Wildman–Crippen MR) is 247 cm³/mol. The van der Waals surface area contributed by atoms with Gasteiger partial charge in [0.25, 0.3) is 11.8 Å². The van der Waals surface area contributed by atoms with Crippen LogP contribution < -0.4 is 30.9 Å². The number of piperazine rings is 1. The van der Waals surface area contributed by atoms with Crippen LogP contribution in [0.4, 0.5) is 26.0 Å². The minimum Gasteiger partial charge on any atom is -0.496 e. The molecule has 4 amide bonds. The number of nitrogens with zero attached hydrogens (tertiary/aromatic N) is 8. The highest BCUT2D eigenvalue weighted by Crippen LogP contribution is 2.35. The number of carbonyl (C=O) groups is 4. The van der Waals surface area contributed by atoms with Gasteiger partial charge in [-0.15, -0.1) is 0 Å². The van der Waals surface area contributed by atoms with E-state index in [9.17, 15) is 23.6 Å². The number of amides is 4. The van der Waals surface area contributed by atoms with Crippen LogP contribution in [-0.4, -0.2) is 112 Å². The van der Waals surface area contributed by atoms with Gasteiger partial charge in [-0.3, -0.25) is 29.4 Å².